The smallest absolute Gasteiger partial charge is 0.0461 e. The van der Waals surface area contributed by atoms with Crippen molar-refractivity contribution < 1.29 is 0 Å². The summed E-state index contributed by atoms with van der Waals surface area (Å²) in [6.45, 7) is 0. The summed E-state index contributed by atoms with van der Waals surface area (Å²) in [5.74, 6) is 1.21. The van der Waals surface area contributed by atoms with Gasteiger partial charge in [0.15, 0.2) is 0 Å². The Hall–Kier alpha value is -2.80. The standard InChI is InChI=1S/C24H21N/c1-3-7-17(8-4-1)19-11-13-23-21(15-19)22-16-20(12-14-24(22)25-23)18-9-5-2-6-10-18/h1-9,11-15,18,20,25H,10,16H2. The molecule has 122 valence electrons. The zero-order valence-electron chi connectivity index (χ0n) is 14.2. The minimum atomic E-state index is 0.591. The Morgan fingerprint density at radius 1 is 0.840 bits per heavy atom. The van der Waals surface area contributed by atoms with Gasteiger partial charge in [0.1, 0.15) is 0 Å². The van der Waals surface area contributed by atoms with Gasteiger partial charge >= 0.3 is 0 Å². The molecule has 0 saturated carbocycles. The van der Waals surface area contributed by atoms with E-state index in [1.807, 2.05) is 0 Å². The zero-order chi connectivity index (χ0) is 16.6. The number of aromatic amines is 1. The van der Waals surface area contributed by atoms with Gasteiger partial charge in [-0.05, 0) is 59.6 Å². The van der Waals surface area contributed by atoms with E-state index in [-0.39, 0.29) is 0 Å². The highest BCUT2D eigenvalue weighted by Crippen LogP contribution is 2.36. The molecule has 0 saturated heterocycles. The molecule has 1 aromatic heterocycles. The summed E-state index contributed by atoms with van der Waals surface area (Å²) in [6.07, 6.45) is 16.0. The number of rotatable bonds is 2. The van der Waals surface area contributed by atoms with Crippen molar-refractivity contribution >= 4 is 17.0 Å². The normalized spacial score (nSPS) is 21.6. The third-order valence-corrected chi connectivity index (χ3v) is 5.56. The average Bonchev–Trinajstić information content (AvgIpc) is 3.06. The summed E-state index contributed by atoms with van der Waals surface area (Å²) in [7, 11) is 0. The van der Waals surface area contributed by atoms with Crippen LogP contribution in [0.3, 0.4) is 0 Å². The second-order valence-corrected chi connectivity index (χ2v) is 7.08. The van der Waals surface area contributed by atoms with Gasteiger partial charge in [-0.15, -0.1) is 0 Å². The minimum absolute atomic E-state index is 0.591. The fourth-order valence-electron chi connectivity index (χ4n) is 4.18. The zero-order valence-corrected chi connectivity index (χ0v) is 14.2. The molecular formula is C24H21N. The summed E-state index contributed by atoms with van der Waals surface area (Å²) < 4.78 is 0. The molecule has 1 N–H and O–H groups in total. The number of benzene rings is 2. The van der Waals surface area contributed by atoms with Crippen molar-refractivity contribution in [2.45, 2.75) is 12.8 Å². The van der Waals surface area contributed by atoms with Crippen LogP contribution >= 0.6 is 0 Å². The monoisotopic (exact) mass is 323 g/mol. The summed E-state index contributed by atoms with van der Waals surface area (Å²) >= 11 is 0. The Morgan fingerprint density at radius 2 is 1.76 bits per heavy atom. The summed E-state index contributed by atoms with van der Waals surface area (Å²) in [5.41, 5.74) is 6.58. The van der Waals surface area contributed by atoms with Crippen LogP contribution in [0.5, 0.6) is 0 Å². The van der Waals surface area contributed by atoms with Gasteiger partial charge in [0.25, 0.3) is 0 Å². The van der Waals surface area contributed by atoms with E-state index in [0.29, 0.717) is 11.8 Å². The van der Waals surface area contributed by atoms with Crippen molar-refractivity contribution in [3.05, 3.63) is 90.2 Å². The van der Waals surface area contributed by atoms with E-state index in [1.54, 1.807) is 0 Å². The maximum absolute atomic E-state index is 3.60. The van der Waals surface area contributed by atoms with Crippen LogP contribution in [-0.4, -0.2) is 4.98 Å². The number of aromatic nitrogens is 1. The molecule has 2 aliphatic rings. The molecule has 2 atom stereocenters. The number of hydrogen-bond acceptors (Lipinski definition) is 0. The van der Waals surface area contributed by atoms with Crippen molar-refractivity contribution in [1.29, 1.82) is 0 Å². The molecule has 25 heavy (non-hydrogen) atoms. The van der Waals surface area contributed by atoms with Gasteiger partial charge in [-0.1, -0.05) is 66.8 Å². The SMILES string of the molecule is C1=CCC(C2C=Cc3[nH]c4ccc(-c5ccccc5)cc4c3C2)C=C1. The van der Waals surface area contributed by atoms with Crippen molar-refractivity contribution in [1.82, 2.24) is 4.98 Å². The number of hydrogen-bond donors (Lipinski definition) is 1. The molecule has 2 aliphatic carbocycles. The molecule has 0 radical (unpaired) electrons. The second kappa shape index (κ2) is 5.93. The van der Waals surface area contributed by atoms with E-state index in [4.69, 9.17) is 0 Å². The first kappa shape index (κ1) is 14.5. The summed E-state index contributed by atoms with van der Waals surface area (Å²) in [5, 5.41) is 1.38. The maximum atomic E-state index is 3.60. The lowest BCUT2D eigenvalue weighted by Crippen LogP contribution is -2.16. The third-order valence-electron chi connectivity index (χ3n) is 5.56. The molecule has 3 aromatic rings. The molecule has 1 heteroatoms. The quantitative estimate of drug-likeness (QED) is 0.582. The Morgan fingerprint density at radius 3 is 2.60 bits per heavy atom. The van der Waals surface area contributed by atoms with Crippen LogP contribution in [0, 0.1) is 11.8 Å². The number of fused-ring (bicyclic) bond motifs is 3. The van der Waals surface area contributed by atoms with E-state index in [9.17, 15) is 0 Å². The van der Waals surface area contributed by atoms with Crippen LogP contribution in [-0.2, 0) is 6.42 Å². The number of nitrogens with one attached hydrogen (secondary N) is 1. The average molecular weight is 323 g/mol. The Kier molecular flexibility index (Phi) is 3.45. The van der Waals surface area contributed by atoms with E-state index < -0.39 is 0 Å². The number of H-pyrrole nitrogens is 1. The van der Waals surface area contributed by atoms with Crippen LogP contribution in [0.15, 0.2) is 78.9 Å². The highest BCUT2D eigenvalue weighted by atomic mass is 14.7. The molecule has 0 spiro atoms. The molecule has 1 nitrogen and oxygen atoms in total. The lowest BCUT2D eigenvalue weighted by Gasteiger charge is -2.25. The van der Waals surface area contributed by atoms with Crippen LogP contribution in [0.1, 0.15) is 17.7 Å². The second-order valence-electron chi connectivity index (χ2n) is 7.08. The highest BCUT2D eigenvalue weighted by molar-refractivity contribution is 5.91. The molecule has 0 amide bonds. The van der Waals surface area contributed by atoms with Crippen LogP contribution in [0.2, 0.25) is 0 Å². The van der Waals surface area contributed by atoms with Crippen molar-refractivity contribution in [3.63, 3.8) is 0 Å². The van der Waals surface area contributed by atoms with Crippen molar-refractivity contribution in [3.8, 4) is 11.1 Å². The Bertz CT molecular complexity index is 1000. The van der Waals surface area contributed by atoms with Crippen LogP contribution in [0.4, 0.5) is 0 Å². The first-order chi connectivity index (χ1) is 12.4. The highest BCUT2D eigenvalue weighted by Gasteiger charge is 2.24. The van der Waals surface area contributed by atoms with Gasteiger partial charge in [0, 0.05) is 16.6 Å². The van der Waals surface area contributed by atoms with E-state index >= 15 is 0 Å². The Balaban J connectivity index is 1.55. The molecule has 2 unspecified atom stereocenters. The predicted molar refractivity (Wildman–Crippen MR) is 106 cm³/mol. The lowest BCUT2D eigenvalue weighted by molar-refractivity contribution is 0.472. The number of allylic oxidation sites excluding steroid dienone is 5. The van der Waals surface area contributed by atoms with Gasteiger partial charge < -0.3 is 4.98 Å². The summed E-state index contributed by atoms with van der Waals surface area (Å²) in [6, 6.07) is 17.4. The van der Waals surface area contributed by atoms with Crippen LogP contribution < -0.4 is 0 Å². The molecule has 2 aromatic carbocycles. The lowest BCUT2D eigenvalue weighted by atomic mass is 9.79. The van der Waals surface area contributed by atoms with E-state index in [0.717, 1.165) is 12.8 Å². The van der Waals surface area contributed by atoms with Gasteiger partial charge in [-0.3, -0.25) is 0 Å². The molecular weight excluding hydrogens is 302 g/mol. The summed E-state index contributed by atoms with van der Waals surface area (Å²) in [4.78, 5) is 3.60. The molecule has 0 aliphatic heterocycles. The molecule has 0 fully saturated rings. The molecule has 5 rings (SSSR count). The largest absolute Gasteiger partial charge is 0.355 e. The predicted octanol–water partition coefficient (Wildman–Crippen LogP) is 6.15. The van der Waals surface area contributed by atoms with Crippen LogP contribution in [0.25, 0.3) is 28.1 Å². The van der Waals surface area contributed by atoms with E-state index in [1.165, 1.54) is 33.3 Å². The van der Waals surface area contributed by atoms with Gasteiger partial charge in [0.05, 0.1) is 0 Å². The van der Waals surface area contributed by atoms with Crippen molar-refractivity contribution in [2.24, 2.45) is 11.8 Å². The minimum Gasteiger partial charge on any atom is -0.355 e. The first-order valence-electron chi connectivity index (χ1n) is 9.10. The molecule has 1 heterocycles. The fraction of sp³-hybridized carbons (Fsp3) is 0.167. The van der Waals surface area contributed by atoms with E-state index in [2.05, 4.69) is 90.0 Å². The first-order valence-corrected chi connectivity index (χ1v) is 9.10. The topological polar surface area (TPSA) is 15.8 Å². The van der Waals surface area contributed by atoms with Gasteiger partial charge in [0.2, 0.25) is 0 Å². The molecule has 0 bridgehead atoms. The van der Waals surface area contributed by atoms with Gasteiger partial charge in [-0.2, -0.15) is 0 Å². The van der Waals surface area contributed by atoms with Gasteiger partial charge in [-0.25, -0.2) is 0 Å². The van der Waals surface area contributed by atoms with Crippen molar-refractivity contribution in [2.75, 3.05) is 0 Å². The third kappa shape index (κ3) is 2.56. The Labute approximate surface area is 148 Å². The maximum Gasteiger partial charge on any atom is 0.0461 e. The fourth-order valence-corrected chi connectivity index (χ4v) is 4.18.